The number of hydrogen-bond donors (Lipinski definition) is 3. The van der Waals surface area contributed by atoms with Crippen LogP contribution >= 0.6 is 0 Å². The zero-order chi connectivity index (χ0) is 22.9. The Kier molecular flexibility index (Phi) is 4.34. The number of hydrogen-bond acceptors (Lipinski definition) is 7. The maximum Gasteiger partial charge on any atom is 0.343 e. The Morgan fingerprint density at radius 3 is 2.66 bits per heavy atom. The van der Waals surface area contributed by atoms with Crippen LogP contribution in [0.2, 0.25) is 0 Å². The first kappa shape index (κ1) is 20.5. The van der Waals surface area contributed by atoms with Crippen LogP contribution in [0, 0.1) is 0 Å². The number of rotatable bonds is 3. The van der Waals surface area contributed by atoms with Gasteiger partial charge in [0.05, 0.1) is 34.4 Å². The van der Waals surface area contributed by atoms with Gasteiger partial charge in [-0.2, -0.15) is 0 Å². The Morgan fingerprint density at radius 2 is 1.97 bits per heavy atom. The van der Waals surface area contributed by atoms with Crippen LogP contribution in [0.15, 0.2) is 27.8 Å². The molecule has 2 aliphatic heterocycles. The van der Waals surface area contributed by atoms with Crippen LogP contribution in [-0.2, 0) is 34.8 Å². The number of aromatic hydroxyl groups is 1. The fraction of sp³-hybridized carbons (Fsp3) is 0.348. The van der Waals surface area contributed by atoms with E-state index in [1.165, 1.54) is 10.6 Å². The summed E-state index contributed by atoms with van der Waals surface area (Å²) in [6.45, 7) is 1.85. The standard InChI is InChI=1S/C23H23N3O6/c1-4-23(31)14-7-16-19-12(9-26(16)21(29)13(14)10-32-22(23)30)20(28)18-11(8-25(2)3)17(27)6-5-15(18)24-19/h5-7,27,31H,4,8-10H2,1-3H3,(H,24,28). The number of aromatic amines is 1. The van der Waals surface area contributed by atoms with Crippen molar-refractivity contribution < 1.29 is 19.7 Å². The van der Waals surface area contributed by atoms with E-state index in [2.05, 4.69) is 4.98 Å². The summed E-state index contributed by atoms with van der Waals surface area (Å²) < 4.78 is 6.54. The molecule has 5 rings (SSSR count). The SMILES string of the molecule is CCC1(O)C(=O)OCc2c1cc1n(c2=O)Cc2c-1[nH]c1ccc(O)c(CN(C)C)c1c2=O. The number of pyridine rings is 2. The fourth-order valence-electron chi connectivity index (χ4n) is 4.74. The highest BCUT2D eigenvalue weighted by molar-refractivity contribution is 5.89. The van der Waals surface area contributed by atoms with E-state index in [-0.39, 0.29) is 41.9 Å². The van der Waals surface area contributed by atoms with E-state index in [0.717, 1.165) is 0 Å². The maximum absolute atomic E-state index is 13.5. The molecule has 32 heavy (non-hydrogen) atoms. The van der Waals surface area contributed by atoms with Gasteiger partial charge in [0.1, 0.15) is 12.4 Å². The highest BCUT2D eigenvalue weighted by atomic mass is 16.6. The lowest BCUT2D eigenvalue weighted by atomic mass is 9.86. The molecule has 166 valence electrons. The molecule has 3 aromatic rings. The zero-order valence-electron chi connectivity index (χ0n) is 18.0. The molecule has 3 N–H and O–H groups in total. The number of nitrogens with one attached hydrogen (secondary N) is 1. The molecule has 9 nitrogen and oxygen atoms in total. The summed E-state index contributed by atoms with van der Waals surface area (Å²) in [6.07, 6.45) is 0.0516. The van der Waals surface area contributed by atoms with E-state index < -0.39 is 17.1 Å². The molecule has 0 fully saturated rings. The minimum Gasteiger partial charge on any atom is -0.508 e. The minimum atomic E-state index is -1.91. The van der Waals surface area contributed by atoms with Crippen LogP contribution in [0.1, 0.15) is 35.6 Å². The van der Waals surface area contributed by atoms with Crippen molar-refractivity contribution in [3.05, 3.63) is 61.0 Å². The molecular formula is C23H23N3O6. The summed E-state index contributed by atoms with van der Waals surface area (Å²) >= 11 is 0. The molecule has 0 radical (unpaired) electrons. The molecule has 2 aromatic heterocycles. The normalized spacial score (nSPS) is 19.1. The van der Waals surface area contributed by atoms with Gasteiger partial charge in [0.2, 0.25) is 0 Å². The lowest BCUT2D eigenvalue weighted by Crippen LogP contribution is -2.44. The van der Waals surface area contributed by atoms with Gasteiger partial charge in [-0.15, -0.1) is 0 Å². The lowest BCUT2D eigenvalue weighted by molar-refractivity contribution is -0.172. The molecular weight excluding hydrogens is 414 g/mol. The number of nitrogens with zero attached hydrogens (tertiary/aromatic N) is 2. The van der Waals surface area contributed by atoms with Gasteiger partial charge >= 0.3 is 5.97 Å². The predicted molar refractivity (Wildman–Crippen MR) is 116 cm³/mol. The second-order valence-electron chi connectivity index (χ2n) is 8.63. The second kappa shape index (κ2) is 6.78. The Balaban J connectivity index is 1.81. The lowest BCUT2D eigenvalue weighted by Gasteiger charge is -2.31. The van der Waals surface area contributed by atoms with Gasteiger partial charge in [0, 0.05) is 23.2 Å². The smallest absolute Gasteiger partial charge is 0.343 e. The molecule has 0 amide bonds. The molecule has 0 spiro atoms. The number of H-pyrrole nitrogens is 1. The number of phenolic OH excluding ortho intramolecular Hbond substituents is 1. The van der Waals surface area contributed by atoms with Gasteiger partial charge in [-0.3, -0.25) is 9.59 Å². The summed E-state index contributed by atoms with van der Waals surface area (Å²) in [4.78, 5) is 44.2. The van der Waals surface area contributed by atoms with Crippen molar-refractivity contribution >= 4 is 16.9 Å². The van der Waals surface area contributed by atoms with Gasteiger partial charge in [-0.1, -0.05) is 6.92 Å². The number of benzene rings is 1. The van der Waals surface area contributed by atoms with Crippen LogP contribution < -0.4 is 11.0 Å². The monoisotopic (exact) mass is 437 g/mol. The van der Waals surface area contributed by atoms with Crippen LogP contribution in [0.5, 0.6) is 5.75 Å². The summed E-state index contributed by atoms with van der Waals surface area (Å²) in [5, 5.41) is 21.7. The summed E-state index contributed by atoms with van der Waals surface area (Å²) in [5.41, 5.74) is 0.219. The van der Waals surface area contributed by atoms with E-state index in [1.807, 2.05) is 19.0 Å². The molecule has 9 heteroatoms. The second-order valence-corrected chi connectivity index (χ2v) is 8.63. The Hall–Kier alpha value is -3.43. The van der Waals surface area contributed by atoms with Crippen molar-refractivity contribution in [1.82, 2.24) is 14.5 Å². The zero-order valence-corrected chi connectivity index (χ0v) is 18.0. The summed E-state index contributed by atoms with van der Waals surface area (Å²) in [5.74, 6) is -0.755. The number of carbonyl (C=O) groups is 1. The average Bonchev–Trinajstić information content (AvgIpc) is 3.12. The van der Waals surface area contributed by atoms with Crippen LogP contribution in [0.4, 0.5) is 0 Å². The summed E-state index contributed by atoms with van der Waals surface area (Å²) in [6, 6.07) is 4.77. The van der Waals surface area contributed by atoms with Crippen molar-refractivity contribution in [3.63, 3.8) is 0 Å². The van der Waals surface area contributed by atoms with Gasteiger partial charge in [-0.25, -0.2) is 4.79 Å². The Bertz CT molecular complexity index is 1430. The van der Waals surface area contributed by atoms with E-state index in [4.69, 9.17) is 4.74 Å². The first-order valence-corrected chi connectivity index (χ1v) is 10.4. The van der Waals surface area contributed by atoms with Gasteiger partial charge in [0.25, 0.3) is 5.56 Å². The molecule has 0 saturated heterocycles. The van der Waals surface area contributed by atoms with E-state index in [1.54, 1.807) is 19.1 Å². The average molecular weight is 437 g/mol. The van der Waals surface area contributed by atoms with E-state index in [9.17, 15) is 24.6 Å². The number of cyclic esters (lactones) is 1. The predicted octanol–water partition coefficient (Wildman–Crippen LogP) is 1.14. The Morgan fingerprint density at radius 1 is 1.22 bits per heavy atom. The molecule has 2 aliphatic rings. The van der Waals surface area contributed by atoms with Gasteiger partial charge in [0.15, 0.2) is 11.0 Å². The first-order chi connectivity index (χ1) is 15.2. The molecule has 1 unspecified atom stereocenters. The summed E-state index contributed by atoms with van der Waals surface area (Å²) in [7, 11) is 3.69. The Labute approximate surface area is 182 Å². The van der Waals surface area contributed by atoms with Gasteiger partial charge in [-0.05, 0) is 38.7 Å². The number of esters is 1. The van der Waals surface area contributed by atoms with Crippen molar-refractivity contribution in [3.8, 4) is 17.1 Å². The third-order valence-electron chi connectivity index (χ3n) is 6.44. The van der Waals surface area contributed by atoms with E-state index >= 15 is 0 Å². The minimum absolute atomic E-state index is 0.0310. The number of fused-ring (bicyclic) bond motifs is 5. The third-order valence-corrected chi connectivity index (χ3v) is 6.44. The molecule has 0 saturated carbocycles. The van der Waals surface area contributed by atoms with Gasteiger partial charge < -0.3 is 29.4 Å². The van der Waals surface area contributed by atoms with E-state index in [0.29, 0.717) is 40.0 Å². The molecule has 1 atom stereocenters. The highest BCUT2D eigenvalue weighted by Crippen LogP contribution is 2.38. The van der Waals surface area contributed by atoms with Crippen LogP contribution in [0.25, 0.3) is 22.3 Å². The number of phenols is 1. The van der Waals surface area contributed by atoms with Crippen molar-refractivity contribution in [2.24, 2.45) is 0 Å². The number of aliphatic hydroxyl groups is 1. The molecule has 1 aromatic carbocycles. The van der Waals surface area contributed by atoms with Crippen molar-refractivity contribution in [2.75, 3.05) is 14.1 Å². The third kappa shape index (κ3) is 2.61. The quantitative estimate of drug-likeness (QED) is 0.411. The number of aromatic nitrogens is 2. The molecule has 0 aliphatic carbocycles. The largest absolute Gasteiger partial charge is 0.508 e. The maximum atomic E-state index is 13.5. The number of ether oxygens (including phenoxy) is 1. The number of carbonyl (C=O) groups excluding carboxylic acids is 1. The van der Waals surface area contributed by atoms with Crippen molar-refractivity contribution in [1.29, 1.82) is 0 Å². The van der Waals surface area contributed by atoms with Crippen LogP contribution in [0.3, 0.4) is 0 Å². The topological polar surface area (TPSA) is 125 Å². The molecule has 4 heterocycles. The fourth-order valence-corrected chi connectivity index (χ4v) is 4.74. The van der Waals surface area contributed by atoms with Crippen molar-refractivity contribution in [2.45, 2.75) is 38.6 Å². The first-order valence-electron chi connectivity index (χ1n) is 10.4. The highest BCUT2D eigenvalue weighted by Gasteiger charge is 2.45. The molecule has 0 bridgehead atoms. The van der Waals surface area contributed by atoms with Crippen LogP contribution in [-0.4, -0.2) is 44.7 Å².